The lowest BCUT2D eigenvalue weighted by molar-refractivity contribution is -0.116. The quantitative estimate of drug-likeness (QED) is 0.797. The van der Waals surface area contributed by atoms with Crippen LogP contribution in [-0.2, 0) is 18.3 Å². The van der Waals surface area contributed by atoms with E-state index in [9.17, 15) is 4.79 Å². The number of nitrogens with one attached hydrogen (secondary N) is 1. The van der Waals surface area contributed by atoms with Crippen LogP contribution in [0.25, 0.3) is 11.3 Å². The van der Waals surface area contributed by atoms with E-state index >= 15 is 0 Å². The number of benzene rings is 1. The van der Waals surface area contributed by atoms with Crippen LogP contribution in [0.3, 0.4) is 0 Å². The molecule has 0 aliphatic carbocycles. The summed E-state index contributed by atoms with van der Waals surface area (Å²) >= 11 is 0. The maximum atomic E-state index is 11.3. The average Bonchev–Trinajstić information content (AvgIpc) is 2.69. The first-order chi connectivity index (χ1) is 8.65. The van der Waals surface area contributed by atoms with Crippen molar-refractivity contribution in [1.29, 1.82) is 0 Å². The summed E-state index contributed by atoms with van der Waals surface area (Å²) < 4.78 is 1.85. The Kier molecular flexibility index (Phi) is 2.33. The Morgan fingerprint density at radius 3 is 2.94 bits per heavy atom. The van der Waals surface area contributed by atoms with Crippen LogP contribution >= 0.6 is 0 Å². The minimum Gasteiger partial charge on any atom is -0.369 e. The number of nitrogen functional groups attached to an aromatic ring is 1. The normalized spacial score (nSPS) is 14.2. The highest BCUT2D eigenvalue weighted by Crippen LogP contribution is 2.29. The molecule has 3 N–H and O–H groups in total. The third-order valence-corrected chi connectivity index (χ3v) is 3.32. The molecular formula is C13H14N4O. The summed E-state index contributed by atoms with van der Waals surface area (Å²) in [5.74, 6) is 0.580. The van der Waals surface area contributed by atoms with Crippen molar-refractivity contribution < 1.29 is 4.79 Å². The van der Waals surface area contributed by atoms with Gasteiger partial charge in [0.25, 0.3) is 0 Å². The number of rotatable bonds is 1. The number of anilines is 2. The second-order valence-corrected chi connectivity index (χ2v) is 4.48. The van der Waals surface area contributed by atoms with E-state index in [-0.39, 0.29) is 5.91 Å². The monoisotopic (exact) mass is 242 g/mol. The van der Waals surface area contributed by atoms with E-state index in [4.69, 9.17) is 5.73 Å². The van der Waals surface area contributed by atoms with Crippen LogP contribution in [0.15, 0.2) is 24.4 Å². The number of hydrogen-bond donors (Lipinski definition) is 2. The lowest BCUT2D eigenvalue weighted by atomic mass is 9.99. The minimum absolute atomic E-state index is 0.0834. The second kappa shape index (κ2) is 3.87. The Labute approximate surface area is 105 Å². The predicted molar refractivity (Wildman–Crippen MR) is 70.0 cm³/mol. The van der Waals surface area contributed by atoms with Gasteiger partial charge < -0.3 is 15.6 Å². The molecule has 1 aromatic carbocycles. The van der Waals surface area contributed by atoms with Crippen molar-refractivity contribution >= 4 is 17.5 Å². The molecule has 1 aliphatic heterocycles. The summed E-state index contributed by atoms with van der Waals surface area (Å²) in [5.41, 5.74) is 9.84. The topological polar surface area (TPSA) is 72.9 Å². The van der Waals surface area contributed by atoms with E-state index in [0.29, 0.717) is 12.4 Å². The summed E-state index contributed by atoms with van der Waals surface area (Å²) in [6, 6.07) is 6.00. The van der Waals surface area contributed by atoms with E-state index in [2.05, 4.69) is 16.4 Å². The molecule has 0 spiro atoms. The summed E-state index contributed by atoms with van der Waals surface area (Å²) in [5, 5.41) is 2.87. The molecule has 0 saturated heterocycles. The molecule has 0 saturated carbocycles. The number of aryl methyl sites for hydroxylation is 1. The zero-order valence-corrected chi connectivity index (χ0v) is 10.1. The van der Waals surface area contributed by atoms with Crippen molar-refractivity contribution in [2.75, 3.05) is 11.1 Å². The van der Waals surface area contributed by atoms with Crippen LogP contribution in [0.1, 0.15) is 12.0 Å². The van der Waals surface area contributed by atoms with E-state index < -0.39 is 0 Å². The van der Waals surface area contributed by atoms with Gasteiger partial charge in [-0.2, -0.15) is 0 Å². The maximum absolute atomic E-state index is 11.3. The highest BCUT2D eigenvalue weighted by Gasteiger charge is 2.16. The van der Waals surface area contributed by atoms with Gasteiger partial charge in [0, 0.05) is 24.7 Å². The Morgan fingerprint density at radius 1 is 1.39 bits per heavy atom. The van der Waals surface area contributed by atoms with Gasteiger partial charge in [0.2, 0.25) is 5.91 Å². The third kappa shape index (κ3) is 1.64. The van der Waals surface area contributed by atoms with Crippen molar-refractivity contribution in [3.8, 4) is 11.3 Å². The number of fused-ring (bicyclic) bond motifs is 1. The van der Waals surface area contributed by atoms with Crippen LogP contribution in [-0.4, -0.2) is 15.5 Å². The van der Waals surface area contributed by atoms with E-state index in [1.807, 2.05) is 23.7 Å². The molecule has 0 bridgehead atoms. The van der Waals surface area contributed by atoms with Gasteiger partial charge in [-0.3, -0.25) is 4.79 Å². The summed E-state index contributed by atoms with van der Waals surface area (Å²) in [4.78, 5) is 15.4. The Hall–Kier alpha value is -2.30. The van der Waals surface area contributed by atoms with Gasteiger partial charge in [-0.1, -0.05) is 6.07 Å². The molecule has 5 heteroatoms. The number of nitrogens with zero attached hydrogens (tertiary/aromatic N) is 2. The summed E-state index contributed by atoms with van der Waals surface area (Å²) in [6.07, 6.45) is 3.09. The lowest BCUT2D eigenvalue weighted by Gasteiger charge is -2.17. The molecule has 0 atom stereocenters. The van der Waals surface area contributed by atoms with Crippen LogP contribution in [0, 0.1) is 0 Å². The van der Waals surface area contributed by atoms with Gasteiger partial charge in [-0.15, -0.1) is 0 Å². The van der Waals surface area contributed by atoms with Gasteiger partial charge in [-0.25, -0.2) is 4.98 Å². The molecule has 1 aliphatic rings. The smallest absolute Gasteiger partial charge is 0.224 e. The van der Waals surface area contributed by atoms with Crippen molar-refractivity contribution in [2.45, 2.75) is 12.8 Å². The van der Waals surface area contributed by atoms with E-state index in [0.717, 1.165) is 28.9 Å². The highest BCUT2D eigenvalue weighted by molar-refractivity contribution is 5.94. The minimum atomic E-state index is 0.0834. The number of aromatic nitrogens is 2. The summed E-state index contributed by atoms with van der Waals surface area (Å²) in [6.45, 7) is 0. The van der Waals surface area contributed by atoms with Crippen molar-refractivity contribution in [3.05, 3.63) is 30.0 Å². The fourth-order valence-corrected chi connectivity index (χ4v) is 2.23. The average molecular weight is 242 g/mol. The number of hydrogen-bond acceptors (Lipinski definition) is 3. The Morgan fingerprint density at radius 2 is 2.22 bits per heavy atom. The summed E-state index contributed by atoms with van der Waals surface area (Å²) in [7, 11) is 1.89. The largest absolute Gasteiger partial charge is 0.369 e. The fourth-order valence-electron chi connectivity index (χ4n) is 2.23. The van der Waals surface area contributed by atoms with Crippen LogP contribution < -0.4 is 11.1 Å². The number of carbonyl (C=O) groups excluding carboxylic acids is 1. The number of carbonyl (C=O) groups is 1. The maximum Gasteiger partial charge on any atom is 0.224 e. The third-order valence-electron chi connectivity index (χ3n) is 3.32. The molecule has 0 unspecified atom stereocenters. The Balaban J connectivity index is 2.05. The van der Waals surface area contributed by atoms with Gasteiger partial charge in [-0.05, 0) is 24.1 Å². The van der Waals surface area contributed by atoms with E-state index in [1.165, 1.54) is 0 Å². The molecule has 5 nitrogen and oxygen atoms in total. The fraction of sp³-hybridized carbons (Fsp3) is 0.231. The number of nitrogens with two attached hydrogens (primary N) is 1. The van der Waals surface area contributed by atoms with Gasteiger partial charge in [0.05, 0.1) is 11.9 Å². The lowest BCUT2D eigenvalue weighted by Crippen LogP contribution is -2.18. The van der Waals surface area contributed by atoms with Crippen molar-refractivity contribution in [2.24, 2.45) is 7.05 Å². The molecule has 92 valence electrons. The molecular weight excluding hydrogens is 228 g/mol. The predicted octanol–water partition coefficient (Wildman–Crippen LogP) is 1.55. The van der Waals surface area contributed by atoms with Crippen molar-refractivity contribution in [1.82, 2.24) is 9.55 Å². The standard InChI is InChI=1S/C13H14N4O/c1-17-11(7-15-13(17)14)9-2-4-10-8(6-9)3-5-12(18)16-10/h2,4,6-7H,3,5H2,1H3,(H2,14,15)(H,16,18). The molecule has 0 fully saturated rings. The Bertz CT molecular complexity index is 630. The highest BCUT2D eigenvalue weighted by atomic mass is 16.1. The van der Waals surface area contributed by atoms with Gasteiger partial charge in [0.1, 0.15) is 0 Å². The van der Waals surface area contributed by atoms with E-state index in [1.54, 1.807) is 6.20 Å². The van der Waals surface area contributed by atoms with Crippen LogP contribution in [0.4, 0.5) is 11.6 Å². The molecule has 18 heavy (non-hydrogen) atoms. The molecule has 0 radical (unpaired) electrons. The number of imidazole rings is 1. The molecule has 3 rings (SSSR count). The molecule has 2 heterocycles. The second-order valence-electron chi connectivity index (χ2n) is 4.48. The first-order valence-corrected chi connectivity index (χ1v) is 5.85. The molecule has 2 aromatic rings. The molecule has 1 amide bonds. The number of amides is 1. The first kappa shape index (κ1) is 10.8. The van der Waals surface area contributed by atoms with Crippen LogP contribution in [0.2, 0.25) is 0 Å². The van der Waals surface area contributed by atoms with Crippen LogP contribution in [0.5, 0.6) is 0 Å². The SMILES string of the molecule is Cn1c(-c2ccc3c(c2)CCC(=O)N3)cnc1N. The first-order valence-electron chi connectivity index (χ1n) is 5.85. The van der Waals surface area contributed by atoms with Crippen molar-refractivity contribution in [3.63, 3.8) is 0 Å². The van der Waals surface area contributed by atoms with Gasteiger partial charge >= 0.3 is 0 Å². The zero-order chi connectivity index (χ0) is 12.7. The van der Waals surface area contributed by atoms with Gasteiger partial charge in [0.15, 0.2) is 5.95 Å². The zero-order valence-electron chi connectivity index (χ0n) is 10.1. The molecule has 1 aromatic heterocycles.